The number of carbonyl (C=O) groups is 1. The Balaban J connectivity index is 1.30. The quantitative estimate of drug-likeness (QED) is 0.541. The Kier molecular flexibility index (Phi) is 4.94. The molecule has 0 spiro atoms. The van der Waals surface area contributed by atoms with Crippen molar-refractivity contribution in [3.8, 4) is 11.5 Å². The van der Waals surface area contributed by atoms with Gasteiger partial charge in [0.25, 0.3) is 5.91 Å². The number of hydrogen-bond acceptors (Lipinski definition) is 8. The molecular weight excluding hydrogens is 412 g/mol. The lowest BCUT2D eigenvalue weighted by molar-refractivity contribution is -0.122. The molecule has 0 aliphatic carbocycles. The van der Waals surface area contributed by atoms with E-state index >= 15 is 0 Å². The lowest BCUT2D eigenvalue weighted by Gasteiger charge is -2.26. The van der Waals surface area contributed by atoms with Gasteiger partial charge >= 0.3 is 0 Å². The summed E-state index contributed by atoms with van der Waals surface area (Å²) in [5, 5.41) is 0. The minimum Gasteiger partial charge on any atom is -0.454 e. The molecule has 1 amide bonds. The zero-order valence-corrected chi connectivity index (χ0v) is 17.1. The van der Waals surface area contributed by atoms with Crippen LogP contribution < -0.4 is 14.4 Å². The standard InChI is InChI=1S/C20H18N2O5S2/c23-19-17(10-14-2-4-18(27-14)21-5-7-24-8-6-21)29-20(28)22(19)11-13-1-3-15-16(9-13)26-12-25-15/h1-4,9-10H,5-8,11-12H2/b17-10-. The summed E-state index contributed by atoms with van der Waals surface area (Å²) >= 11 is 6.72. The highest BCUT2D eigenvalue weighted by Crippen LogP contribution is 2.36. The van der Waals surface area contributed by atoms with Crippen LogP contribution in [0.4, 0.5) is 5.88 Å². The molecule has 0 unspecified atom stereocenters. The smallest absolute Gasteiger partial charge is 0.266 e. The largest absolute Gasteiger partial charge is 0.454 e. The molecule has 2 fully saturated rings. The van der Waals surface area contributed by atoms with Crippen LogP contribution in [0.3, 0.4) is 0 Å². The number of amides is 1. The van der Waals surface area contributed by atoms with Crippen LogP contribution in [0.5, 0.6) is 11.5 Å². The summed E-state index contributed by atoms with van der Waals surface area (Å²) in [5.74, 6) is 2.70. The van der Waals surface area contributed by atoms with E-state index in [9.17, 15) is 4.79 Å². The number of anilines is 1. The van der Waals surface area contributed by atoms with Crippen LogP contribution in [0.15, 0.2) is 39.7 Å². The Morgan fingerprint density at radius 2 is 1.93 bits per heavy atom. The maximum Gasteiger partial charge on any atom is 0.266 e. The van der Waals surface area contributed by atoms with E-state index in [0.717, 1.165) is 24.5 Å². The van der Waals surface area contributed by atoms with Gasteiger partial charge in [0, 0.05) is 25.2 Å². The van der Waals surface area contributed by atoms with Gasteiger partial charge in [-0.2, -0.15) is 0 Å². The Morgan fingerprint density at radius 1 is 1.10 bits per heavy atom. The van der Waals surface area contributed by atoms with E-state index in [1.54, 1.807) is 11.0 Å². The molecule has 3 aliphatic heterocycles. The second kappa shape index (κ2) is 7.74. The van der Waals surface area contributed by atoms with Crippen LogP contribution in [-0.4, -0.2) is 48.2 Å². The molecule has 29 heavy (non-hydrogen) atoms. The number of thiocarbonyl (C=S) groups is 1. The second-order valence-corrected chi connectivity index (χ2v) is 8.41. The van der Waals surface area contributed by atoms with Crippen LogP contribution in [0, 0.1) is 0 Å². The lowest BCUT2D eigenvalue weighted by atomic mass is 10.2. The normalized spacial score (nSPS) is 20.2. The van der Waals surface area contributed by atoms with E-state index < -0.39 is 0 Å². The number of morpholine rings is 1. The van der Waals surface area contributed by atoms with Crippen molar-refractivity contribution in [2.24, 2.45) is 0 Å². The van der Waals surface area contributed by atoms with Gasteiger partial charge in [-0.15, -0.1) is 0 Å². The molecule has 2 aromatic rings. The highest BCUT2D eigenvalue weighted by molar-refractivity contribution is 8.26. The van der Waals surface area contributed by atoms with Gasteiger partial charge in [0.1, 0.15) is 10.1 Å². The number of carbonyl (C=O) groups excluding carboxylic acids is 1. The fraction of sp³-hybridized carbons (Fsp3) is 0.300. The molecule has 1 aromatic heterocycles. The van der Waals surface area contributed by atoms with Gasteiger partial charge in [-0.3, -0.25) is 9.69 Å². The molecule has 0 saturated carbocycles. The summed E-state index contributed by atoms with van der Waals surface area (Å²) in [6, 6.07) is 9.43. The first-order valence-electron chi connectivity index (χ1n) is 9.24. The van der Waals surface area contributed by atoms with E-state index in [4.69, 9.17) is 30.8 Å². The average molecular weight is 431 g/mol. The van der Waals surface area contributed by atoms with Gasteiger partial charge in [0.05, 0.1) is 24.7 Å². The van der Waals surface area contributed by atoms with Crippen molar-refractivity contribution < 1.29 is 23.4 Å². The highest BCUT2D eigenvalue weighted by Gasteiger charge is 2.32. The summed E-state index contributed by atoms with van der Waals surface area (Å²) in [6.45, 7) is 3.58. The molecule has 2 saturated heterocycles. The molecule has 5 rings (SSSR count). The monoisotopic (exact) mass is 430 g/mol. The van der Waals surface area contributed by atoms with E-state index in [-0.39, 0.29) is 12.7 Å². The Morgan fingerprint density at radius 3 is 2.79 bits per heavy atom. The van der Waals surface area contributed by atoms with Gasteiger partial charge in [0.15, 0.2) is 17.4 Å². The third-order valence-electron chi connectivity index (χ3n) is 4.86. The number of ether oxygens (including phenoxy) is 3. The van der Waals surface area contributed by atoms with Crippen LogP contribution in [0.1, 0.15) is 11.3 Å². The summed E-state index contributed by atoms with van der Waals surface area (Å²) in [7, 11) is 0. The summed E-state index contributed by atoms with van der Waals surface area (Å²) in [4.78, 5) is 17.2. The minimum atomic E-state index is -0.123. The van der Waals surface area contributed by atoms with Crippen molar-refractivity contribution in [2.75, 3.05) is 38.0 Å². The third kappa shape index (κ3) is 3.73. The van der Waals surface area contributed by atoms with Crippen LogP contribution in [0.2, 0.25) is 0 Å². The number of furan rings is 1. The molecule has 0 N–H and O–H groups in total. The van der Waals surface area contributed by atoms with Crippen LogP contribution in [0.25, 0.3) is 6.08 Å². The molecule has 0 radical (unpaired) electrons. The molecule has 4 heterocycles. The van der Waals surface area contributed by atoms with Crippen LogP contribution >= 0.6 is 24.0 Å². The minimum absolute atomic E-state index is 0.123. The molecule has 150 valence electrons. The van der Waals surface area contributed by atoms with Crippen LogP contribution in [-0.2, 0) is 16.1 Å². The lowest BCUT2D eigenvalue weighted by Crippen LogP contribution is -2.35. The highest BCUT2D eigenvalue weighted by atomic mass is 32.2. The molecule has 9 heteroatoms. The van der Waals surface area contributed by atoms with Gasteiger partial charge in [-0.25, -0.2) is 0 Å². The molecule has 7 nitrogen and oxygen atoms in total. The van der Waals surface area contributed by atoms with E-state index in [1.165, 1.54) is 11.8 Å². The Labute approximate surface area is 177 Å². The van der Waals surface area contributed by atoms with Gasteiger partial charge in [-0.05, 0) is 23.8 Å². The molecule has 1 aromatic carbocycles. The zero-order chi connectivity index (χ0) is 19.8. The SMILES string of the molecule is O=C1/C(=C/c2ccc(N3CCOCC3)o2)SC(=S)N1Cc1ccc2c(c1)OCO2. The van der Waals surface area contributed by atoms with E-state index in [0.29, 0.717) is 46.2 Å². The topological polar surface area (TPSA) is 64.4 Å². The summed E-state index contributed by atoms with van der Waals surface area (Å²) in [5.41, 5.74) is 0.930. The predicted octanol–water partition coefficient (Wildman–Crippen LogP) is 3.25. The van der Waals surface area contributed by atoms with Gasteiger partial charge < -0.3 is 23.5 Å². The number of thioether (sulfide) groups is 1. The maximum absolute atomic E-state index is 12.9. The van der Waals surface area contributed by atoms with Crippen molar-refractivity contribution in [1.82, 2.24) is 4.90 Å². The average Bonchev–Trinajstić information content (AvgIpc) is 3.45. The summed E-state index contributed by atoms with van der Waals surface area (Å²) < 4.78 is 22.5. The van der Waals surface area contributed by atoms with Crippen molar-refractivity contribution in [1.29, 1.82) is 0 Å². The molecule has 0 atom stereocenters. The van der Waals surface area contributed by atoms with Gasteiger partial charge in [-0.1, -0.05) is 30.0 Å². The molecular formula is C20H18N2O5S2. The predicted molar refractivity (Wildman–Crippen MR) is 113 cm³/mol. The zero-order valence-electron chi connectivity index (χ0n) is 15.5. The molecule has 3 aliphatic rings. The first-order chi connectivity index (χ1) is 14.2. The van der Waals surface area contributed by atoms with Gasteiger partial charge in [0.2, 0.25) is 6.79 Å². The number of nitrogens with zero attached hydrogens (tertiary/aromatic N) is 2. The fourth-order valence-corrected chi connectivity index (χ4v) is 4.60. The van der Waals surface area contributed by atoms with Crippen molar-refractivity contribution in [2.45, 2.75) is 6.54 Å². The Hall–Kier alpha value is -2.49. The fourth-order valence-electron chi connectivity index (χ4n) is 3.36. The Bertz CT molecular complexity index is 997. The third-order valence-corrected chi connectivity index (χ3v) is 6.24. The first-order valence-corrected chi connectivity index (χ1v) is 10.5. The van der Waals surface area contributed by atoms with E-state index in [2.05, 4.69) is 4.90 Å². The number of rotatable bonds is 4. The van der Waals surface area contributed by atoms with E-state index in [1.807, 2.05) is 30.3 Å². The number of fused-ring (bicyclic) bond motifs is 1. The van der Waals surface area contributed by atoms with Crippen molar-refractivity contribution in [3.05, 3.63) is 46.6 Å². The maximum atomic E-state index is 12.9. The molecule has 0 bridgehead atoms. The first kappa shape index (κ1) is 18.5. The summed E-state index contributed by atoms with van der Waals surface area (Å²) in [6.07, 6.45) is 1.75. The second-order valence-electron chi connectivity index (χ2n) is 6.73. The van der Waals surface area contributed by atoms with Crippen molar-refractivity contribution in [3.63, 3.8) is 0 Å². The number of benzene rings is 1. The number of hydrogen-bond donors (Lipinski definition) is 0. The van der Waals surface area contributed by atoms with Crippen molar-refractivity contribution >= 4 is 46.2 Å².